The van der Waals surface area contributed by atoms with Crippen LogP contribution in [0.15, 0.2) is 0 Å². The summed E-state index contributed by atoms with van der Waals surface area (Å²) in [6, 6.07) is 0. The van der Waals surface area contributed by atoms with Crippen molar-refractivity contribution in [3.8, 4) is 0 Å². The van der Waals surface area contributed by atoms with Crippen LogP contribution in [0.3, 0.4) is 0 Å². The molecule has 0 aliphatic rings. The minimum absolute atomic E-state index is 0.311. The van der Waals surface area contributed by atoms with Gasteiger partial charge in [0.25, 0.3) is 0 Å². The second-order valence-electron chi connectivity index (χ2n) is 4.46. The van der Waals surface area contributed by atoms with Gasteiger partial charge in [0.15, 0.2) is 0 Å². The molecule has 0 aromatic heterocycles. The monoisotopic (exact) mass is 203 g/mol. The van der Waals surface area contributed by atoms with E-state index in [0.29, 0.717) is 25.2 Å². The van der Waals surface area contributed by atoms with Crippen LogP contribution in [-0.4, -0.2) is 37.5 Å². The smallest absolute Gasteiger partial charge is 0.0897 e. The predicted molar refractivity (Wildman–Crippen MR) is 59.4 cm³/mol. The van der Waals surface area contributed by atoms with Gasteiger partial charge in [-0.2, -0.15) is 0 Å². The highest BCUT2D eigenvalue weighted by Gasteiger charge is 2.14. The van der Waals surface area contributed by atoms with E-state index >= 15 is 0 Å². The number of aliphatic hydroxyl groups is 1. The second kappa shape index (κ2) is 7.21. The molecule has 1 atom stereocenters. The summed E-state index contributed by atoms with van der Waals surface area (Å²) in [5, 5.41) is 12.7. The van der Waals surface area contributed by atoms with Crippen LogP contribution in [0.2, 0.25) is 0 Å². The average molecular weight is 203 g/mol. The van der Waals surface area contributed by atoms with E-state index in [1.54, 1.807) is 0 Å². The number of rotatable bonds is 8. The Morgan fingerprint density at radius 2 is 2.00 bits per heavy atom. The maximum atomic E-state index is 9.46. The fourth-order valence-electron chi connectivity index (χ4n) is 1.01. The van der Waals surface area contributed by atoms with Gasteiger partial charge in [-0.25, -0.2) is 0 Å². The minimum Gasteiger partial charge on any atom is -0.389 e. The lowest BCUT2D eigenvalue weighted by atomic mass is 9.90. The zero-order valence-electron chi connectivity index (χ0n) is 9.97. The highest BCUT2D eigenvalue weighted by Crippen LogP contribution is 2.17. The van der Waals surface area contributed by atoms with Gasteiger partial charge >= 0.3 is 0 Å². The molecule has 3 nitrogen and oxygen atoms in total. The summed E-state index contributed by atoms with van der Waals surface area (Å²) in [4.78, 5) is 0. The predicted octanol–water partition coefficient (Wildman–Crippen LogP) is 1.41. The first-order chi connectivity index (χ1) is 6.52. The number of hydrogen-bond donors (Lipinski definition) is 2. The van der Waals surface area contributed by atoms with Gasteiger partial charge in [0.05, 0.1) is 12.7 Å². The first-order valence-corrected chi connectivity index (χ1v) is 5.48. The zero-order chi connectivity index (χ0) is 11.0. The fourth-order valence-corrected chi connectivity index (χ4v) is 1.01. The van der Waals surface area contributed by atoms with Crippen LogP contribution in [0.1, 0.15) is 34.1 Å². The Morgan fingerprint density at radius 3 is 2.50 bits per heavy atom. The summed E-state index contributed by atoms with van der Waals surface area (Å²) in [5.41, 5.74) is 0.311. The summed E-state index contributed by atoms with van der Waals surface area (Å²) in [5.74, 6) is 0. The lowest BCUT2D eigenvalue weighted by Gasteiger charge is -2.23. The molecule has 2 N–H and O–H groups in total. The Kier molecular flexibility index (Phi) is 7.15. The molecular weight excluding hydrogens is 178 g/mol. The molecule has 0 aromatic carbocycles. The lowest BCUT2D eigenvalue weighted by Crippen LogP contribution is -2.36. The van der Waals surface area contributed by atoms with Gasteiger partial charge < -0.3 is 15.2 Å². The topological polar surface area (TPSA) is 41.5 Å². The first-order valence-electron chi connectivity index (χ1n) is 5.48. The van der Waals surface area contributed by atoms with Crippen LogP contribution in [-0.2, 0) is 4.74 Å². The molecular formula is C11H25NO2. The normalized spacial score (nSPS) is 14.4. The van der Waals surface area contributed by atoms with Crippen LogP contribution in [0.4, 0.5) is 0 Å². The molecule has 0 amide bonds. The molecule has 0 aromatic rings. The van der Waals surface area contributed by atoms with E-state index < -0.39 is 0 Å². The molecule has 0 rings (SSSR count). The van der Waals surface area contributed by atoms with Gasteiger partial charge in [-0.15, -0.1) is 0 Å². The molecule has 0 aliphatic carbocycles. The van der Waals surface area contributed by atoms with Crippen molar-refractivity contribution in [3.63, 3.8) is 0 Å². The number of aliphatic hydroxyl groups excluding tert-OH is 1. The van der Waals surface area contributed by atoms with Crippen LogP contribution >= 0.6 is 0 Å². The Balaban J connectivity index is 3.43. The van der Waals surface area contributed by atoms with Crippen molar-refractivity contribution in [2.45, 2.75) is 40.2 Å². The third-order valence-corrected chi connectivity index (χ3v) is 2.45. The van der Waals surface area contributed by atoms with Gasteiger partial charge in [-0.05, 0) is 18.8 Å². The van der Waals surface area contributed by atoms with Crippen molar-refractivity contribution in [1.29, 1.82) is 0 Å². The van der Waals surface area contributed by atoms with Gasteiger partial charge in [0, 0.05) is 19.7 Å². The zero-order valence-corrected chi connectivity index (χ0v) is 9.97. The van der Waals surface area contributed by atoms with Crippen LogP contribution < -0.4 is 5.32 Å². The van der Waals surface area contributed by atoms with Crippen molar-refractivity contribution in [1.82, 2.24) is 5.32 Å². The first kappa shape index (κ1) is 13.9. The Hall–Kier alpha value is -0.120. The number of nitrogens with one attached hydrogen (secondary N) is 1. The highest BCUT2D eigenvalue weighted by atomic mass is 16.5. The van der Waals surface area contributed by atoms with E-state index in [1.807, 2.05) is 6.92 Å². The molecule has 0 saturated heterocycles. The molecule has 0 spiro atoms. The molecule has 86 valence electrons. The molecule has 0 fully saturated rings. The van der Waals surface area contributed by atoms with Gasteiger partial charge in [0.1, 0.15) is 0 Å². The molecule has 0 radical (unpaired) electrons. The summed E-state index contributed by atoms with van der Waals surface area (Å²) < 4.78 is 5.11. The molecule has 1 unspecified atom stereocenters. The maximum Gasteiger partial charge on any atom is 0.0897 e. The van der Waals surface area contributed by atoms with E-state index in [9.17, 15) is 5.11 Å². The highest BCUT2D eigenvalue weighted by molar-refractivity contribution is 4.70. The van der Waals surface area contributed by atoms with Crippen molar-refractivity contribution in [2.24, 2.45) is 5.41 Å². The van der Waals surface area contributed by atoms with Gasteiger partial charge in [0.2, 0.25) is 0 Å². The van der Waals surface area contributed by atoms with E-state index in [4.69, 9.17) is 4.74 Å². The van der Waals surface area contributed by atoms with Crippen LogP contribution in [0.5, 0.6) is 0 Å². The summed E-state index contributed by atoms with van der Waals surface area (Å²) in [6.45, 7) is 11.2. The summed E-state index contributed by atoms with van der Waals surface area (Å²) in [6.07, 6.45) is 0.754. The molecule has 0 aliphatic heterocycles. The average Bonchev–Trinajstić information content (AvgIpc) is 2.14. The van der Waals surface area contributed by atoms with Gasteiger partial charge in [-0.1, -0.05) is 20.8 Å². The van der Waals surface area contributed by atoms with Crippen LogP contribution in [0, 0.1) is 5.41 Å². The summed E-state index contributed by atoms with van der Waals surface area (Å²) >= 11 is 0. The van der Waals surface area contributed by atoms with E-state index in [1.165, 1.54) is 0 Å². The third kappa shape index (κ3) is 7.30. The van der Waals surface area contributed by atoms with Crippen LogP contribution in [0.25, 0.3) is 0 Å². The number of ether oxygens (including phenoxy) is 1. The van der Waals surface area contributed by atoms with Gasteiger partial charge in [-0.3, -0.25) is 0 Å². The fraction of sp³-hybridized carbons (Fsp3) is 1.00. The van der Waals surface area contributed by atoms with Crippen molar-refractivity contribution in [2.75, 3.05) is 26.3 Å². The minimum atomic E-state index is -0.386. The lowest BCUT2D eigenvalue weighted by molar-refractivity contribution is 0.0416. The quantitative estimate of drug-likeness (QED) is 0.627. The largest absolute Gasteiger partial charge is 0.389 e. The Morgan fingerprint density at radius 1 is 1.36 bits per heavy atom. The van der Waals surface area contributed by atoms with E-state index in [0.717, 1.165) is 13.0 Å². The van der Waals surface area contributed by atoms with Crippen molar-refractivity contribution < 1.29 is 9.84 Å². The Labute approximate surface area is 87.8 Å². The van der Waals surface area contributed by atoms with E-state index in [2.05, 4.69) is 26.1 Å². The molecule has 14 heavy (non-hydrogen) atoms. The number of hydrogen-bond acceptors (Lipinski definition) is 3. The third-order valence-electron chi connectivity index (χ3n) is 2.45. The SMILES string of the molecule is CCOCC(O)CNCC(C)(C)CC. The molecule has 0 saturated carbocycles. The standard InChI is InChI=1S/C11H25NO2/c1-5-11(3,4)9-12-7-10(13)8-14-6-2/h10,12-13H,5-9H2,1-4H3. The maximum absolute atomic E-state index is 9.46. The molecule has 3 heteroatoms. The molecule has 0 heterocycles. The second-order valence-corrected chi connectivity index (χ2v) is 4.46. The summed E-state index contributed by atoms with van der Waals surface area (Å²) in [7, 11) is 0. The van der Waals surface area contributed by atoms with Crippen molar-refractivity contribution in [3.05, 3.63) is 0 Å². The van der Waals surface area contributed by atoms with Crippen molar-refractivity contribution >= 4 is 0 Å². The molecule has 0 bridgehead atoms. The van der Waals surface area contributed by atoms with E-state index in [-0.39, 0.29) is 6.10 Å². The Bertz CT molecular complexity index is 137.